The lowest BCUT2D eigenvalue weighted by molar-refractivity contribution is 0.0427. The van der Waals surface area contributed by atoms with E-state index < -0.39 is 11.5 Å². The van der Waals surface area contributed by atoms with Gasteiger partial charge in [-0.1, -0.05) is 11.6 Å². The van der Waals surface area contributed by atoms with E-state index in [0.29, 0.717) is 5.52 Å². The lowest BCUT2D eigenvalue weighted by Gasteiger charge is -2.16. The van der Waals surface area contributed by atoms with Crippen molar-refractivity contribution in [2.75, 3.05) is 0 Å². The van der Waals surface area contributed by atoms with Crippen molar-refractivity contribution in [3.05, 3.63) is 29.3 Å². The van der Waals surface area contributed by atoms with Gasteiger partial charge < -0.3 is 4.74 Å². The highest BCUT2D eigenvalue weighted by Gasteiger charge is 2.30. The third kappa shape index (κ3) is 1.01. The van der Waals surface area contributed by atoms with Gasteiger partial charge in [-0.15, -0.1) is 0 Å². The molecule has 0 saturated heterocycles. The van der Waals surface area contributed by atoms with Crippen molar-refractivity contribution in [2.24, 2.45) is 0 Å². The van der Waals surface area contributed by atoms with Gasteiger partial charge in [0.1, 0.15) is 11.8 Å². The molecule has 6 heteroatoms. The Morgan fingerprint density at radius 1 is 1.60 bits per heavy atom. The molecule has 5 nitrogen and oxygen atoms in total. The van der Waals surface area contributed by atoms with Crippen LogP contribution in [0.2, 0.25) is 0 Å². The molecule has 0 aromatic carbocycles. The summed E-state index contributed by atoms with van der Waals surface area (Å²) in [7, 11) is 0. The number of aryl methyl sites for hydroxylation is 1. The zero-order chi connectivity index (χ0) is 10.6. The third-order valence-corrected chi connectivity index (χ3v) is 2.73. The van der Waals surface area contributed by atoms with Gasteiger partial charge in [0.05, 0.1) is 0 Å². The fourth-order valence-electron chi connectivity index (χ4n) is 1.77. The highest BCUT2D eigenvalue weighted by molar-refractivity contribution is 6.22. The van der Waals surface area contributed by atoms with Gasteiger partial charge in [0.25, 0.3) is 0 Å². The van der Waals surface area contributed by atoms with Crippen LogP contribution in [-0.4, -0.2) is 20.6 Å². The number of cyclic esters (lactones) is 1. The van der Waals surface area contributed by atoms with Crippen LogP contribution in [0.3, 0.4) is 0 Å². The molecule has 0 saturated carbocycles. The molecule has 0 fully saturated rings. The van der Waals surface area contributed by atoms with E-state index in [4.69, 9.17) is 16.3 Å². The topological polar surface area (TPSA) is 56.5 Å². The van der Waals surface area contributed by atoms with E-state index in [-0.39, 0.29) is 5.69 Å². The van der Waals surface area contributed by atoms with E-state index in [2.05, 4.69) is 10.1 Å². The van der Waals surface area contributed by atoms with Gasteiger partial charge in [-0.05, 0) is 13.0 Å². The monoisotopic (exact) mass is 223 g/mol. The van der Waals surface area contributed by atoms with Gasteiger partial charge in [-0.25, -0.2) is 14.3 Å². The van der Waals surface area contributed by atoms with Crippen LogP contribution in [0.1, 0.15) is 27.3 Å². The van der Waals surface area contributed by atoms with Crippen LogP contribution in [0.25, 0.3) is 5.52 Å². The van der Waals surface area contributed by atoms with Crippen LogP contribution in [0.5, 0.6) is 0 Å². The summed E-state index contributed by atoms with van der Waals surface area (Å²) in [5.74, 6) is -0.506. The molecule has 0 N–H and O–H groups in total. The molecule has 2 aromatic heterocycles. The van der Waals surface area contributed by atoms with Crippen LogP contribution in [-0.2, 0) is 4.74 Å². The highest BCUT2D eigenvalue weighted by Crippen LogP contribution is 2.34. The Labute approximate surface area is 89.6 Å². The van der Waals surface area contributed by atoms with E-state index in [1.807, 2.05) is 13.0 Å². The summed E-state index contributed by atoms with van der Waals surface area (Å²) in [6.45, 7) is 1.88. The Morgan fingerprint density at radius 3 is 3.20 bits per heavy atom. The molecule has 15 heavy (non-hydrogen) atoms. The molecule has 0 bridgehead atoms. The van der Waals surface area contributed by atoms with Crippen LogP contribution < -0.4 is 0 Å². The number of hydrogen-bond acceptors (Lipinski definition) is 4. The molecule has 1 atom stereocenters. The number of ether oxygens (including phenoxy) is 1. The quantitative estimate of drug-likeness (QED) is 0.501. The number of hydrogen-bond donors (Lipinski definition) is 0. The van der Waals surface area contributed by atoms with E-state index in [9.17, 15) is 4.79 Å². The maximum absolute atomic E-state index is 11.5. The molecule has 1 aliphatic heterocycles. The zero-order valence-corrected chi connectivity index (χ0v) is 8.52. The lowest BCUT2D eigenvalue weighted by Crippen LogP contribution is -2.17. The summed E-state index contributed by atoms with van der Waals surface area (Å²) in [4.78, 5) is 15.4. The second kappa shape index (κ2) is 2.70. The average molecular weight is 224 g/mol. The fraction of sp³-hybridized carbons (Fsp3) is 0.222. The number of esters is 1. The van der Waals surface area contributed by atoms with Gasteiger partial charge in [0, 0.05) is 11.3 Å². The maximum Gasteiger partial charge on any atom is 0.361 e. The first kappa shape index (κ1) is 8.67. The molecule has 2 aromatic rings. The number of carbonyl (C=O) groups excluding carboxylic acids is 1. The maximum atomic E-state index is 11.5. The first-order valence-electron chi connectivity index (χ1n) is 4.37. The number of aromatic nitrogens is 3. The molecular formula is C9H6ClN3O2. The summed E-state index contributed by atoms with van der Waals surface area (Å²) in [5, 5.41) is 4.05. The van der Waals surface area contributed by atoms with Gasteiger partial charge in [-0.2, -0.15) is 5.10 Å². The van der Waals surface area contributed by atoms with Crippen LogP contribution in [0, 0.1) is 6.92 Å². The minimum Gasteiger partial charge on any atom is -0.437 e. The van der Waals surface area contributed by atoms with Crippen molar-refractivity contribution < 1.29 is 9.53 Å². The first-order valence-corrected chi connectivity index (χ1v) is 4.80. The van der Waals surface area contributed by atoms with Gasteiger partial charge in [0.2, 0.25) is 5.56 Å². The Bertz CT molecular complexity index is 578. The van der Waals surface area contributed by atoms with Crippen LogP contribution in [0.4, 0.5) is 0 Å². The number of nitrogens with zero attached hydrogens (tertiary/aromatic N) is 3. The van der Waals surface area contributed by atoms with E-state index in [0.717, 1.165) is 11.3 Å². The summed E-state index contributed by atoms with van der Waals surface area (Å²) in [6.07, 6.45) is 1.33. The van der Waals surface area contributed by atoms with Crippen molar-refractivity contribution in [3.63, 3.8) is 0 Å². The number of carbonyl (C=O) groups is 1. The smallest absolute Gasteiger partial charge is 0.361 e. The molecule has 0 aliphatic carbocycles. The SMILES string of the molecule is Cc1cc2c3c(ncnn13)C(=O)OC2Cl. The molecule has 76 valence electrons. The van der Waals surface area contributed by atoms with E-state index in [1.165, 1.54) is 6.33 Å². The highest BCUT2D eigenvalue weighted by atomic mass is 35.5. The minimum atomic E-state index is -0.750. The second-order valence-electron chi connectivity index (χ2n) is 3.33. The zero-order valence-electron chi connectivity index (χ0n) is 7.77. The molecule has 3 heterocycles. The summed E-state index contributed by atoms with van der Waals surface area (Å²) in [5.41, 5.74) is 1.80. The standard InChI is InChI=1S/C9H6ClN3O2/c1-4-2-5-7-6(9(14)15-8(5)10)11-3-12-13(4)7/h2-3,8H,1H3. The Morgan fingerprint density at radius 2 is 2.40 bits per heavy atom. The molecule has 0 spiro atoms. The Balaban J connectivity index is 2.51. The van der Waals surface area contributed by atoms with Crippen molar-refractivity contribution in [1.29, 1.82) is 0 Å². The minimum absolute atomic E-state index is 0.269. The van der Waals surface area contributed by atoms with E-state index >= 15 is 0 Å². The number of alkyl halides is 1. The van der Waals surface area contributed by atoms with Crippen molar-refractivity contribution in [3.8, 4) is 0 Å². The van der Waals surface area contributed by atoms with Crippen molar-refractivity contribution in [2.45, 2.75) is 12.5 Å². The molecule has 0 amide bonds. The predicted octanol–water partition coefficient (Wildman–Crippen LogP) is 1.45. The summed E-state index contributed by atoms with van der Waals surface area (Å²) in [6, 6.07) is 1.84. The van der Waals surface area contributed by atoms with Gasteiger partial charge in [-0.3, -0.25) is 0 Å². The van der Waals surface area contributed by atoms with E-state index in [1.54, 1.807) is 4.52 Å². The lowest BCUT2D eigenvalue weighted by atomic mass is 10.2. The number of halogens is 1. The fourth-order valence-corrected chi connectivity index (χ4v) is 2.02. The summed E-state index contributed by atoms with van der Waals surface area (Å²) < 4.78 is 6.59. The predicted molar refractivity (Wildman–Crippen MR) is 51.7 cm³/mol. The van der Waals surface area contributed by atoms with Crippen LogP contribution in [0.15, 0.2) is 12.4 Å². The molecule has 0 radical (unpaired) electrons. The Hall–Kier alpha value is -1.62. The average Bonchev–Trinajstić information content (AvgIpc) is 2.55. The molecule has 1 unspecified atom stereocenters. The van der Waals surface area contributed by atoms with Crippen LogP contribution >= 0.6 is 11.6 Å². The van der Waals surface area contributed by atoms with Gasteiger partial charge in [0.15, 0.2) is 5.69 Å². The van der Waals surface area contributed by atoms with Crippen molar-refractivity contribution >= 4 is 23.1 Å². The molecule has 1 aliphatic rings. The third-order valence-electron chi connectivity index (χ3n) is 2.41. The second-order valence-corrected chi connectivity index (χ2v) is 3.73. The Kier molecular flexibility index (Phi) is 1.56. The normalized spacial score (nSPS) is 19.3. The number of rotatable bonds is 0. The summed E-state index contributed by atoms with van der Waals surface area (Å²) >= 11 is 5.91. The van der Waals surface area contributed by atoms with Crippen molar-refractivity contribution in [1.82, 2.24) is 14.6 Å². The molecule has 3 rings (SSSR count). The largest absolute Gasteiger partial charge is 0.437 e. The first-order chi connectivity index (χ1) is 7.18. The van der Waals surface area contributed by atoms with Gasteiger partial charge >= 0.3 is 5.97 Å². The molecular weight excluding hydrogens is 218 g/mol.